The summed E-state index contributed by atoms with van der Waals surface area (Å²) in [5.74, 6) is -4.97. The molecule has 1 N–H and O–H groups in total. The summed E-state index contributed by atoms with van der Waals surface area (Å²) in [7, 11) is 0. The maximum absolute atomic E-state index is 14.1. The minimum absolute atomic E-state index is 0.0594. The van der Waals surface area contributed by atoms with Crippen LogP contribution in [-0.2, 0) is 11.3 Å². The number of benzene rings is 2. The van der Waals surface area contributed by atoms with E-state index in [9.17, 15) is 17.6 Å². The molecule has 1 aliphatic rings. The van der Waals surface area contributed by atoms with Crippen molar-refractivity contribution >= 4 is 0 Å². The lowest BCUT2D eigenvalue weighted by Gasteiger charge is -2.10. The van der Waals surface area contributed by atoms with Crippen LogP contribution in [0.3, 0.4) is 0 Å². The lowest BCUT2D eigenvalue weighted by molar-refractivity contribution is 0.273. The standard InChI is InChI=1S/C15H10F4O2/c16-12-7(5-20)1-2-8(13(12)17)9-3-4-10(11-6-21-11)15(19)14(9)18/h1-4,11,20H,5-6H2. The van der Waals surface area contributed by atoms with E-state index in [0.717, 1.165) is 12.1 Å². The molecule has 3 rings (SSSR count). The van der Waals surface area contributed by atoms with Gasteiger partial charge in [-0.1, -0.05) is 24.3 Å². The van der Waals surface area contributed by atoms with Crippen LogP contribution in [0, 0.1) is 23.3 Å². The summed E-state index contributed by atoms with van der Waals surface area (Å²) in [5, 5.41) is 8.85. The summed E-state index contributed by atoms with van der Waals surface area (Å²) in [6, 6.07) is 4.72. The maximum Gasteiger partial charge on any atom is 0.167 e. The van der Waals surface area contributed by atoms with Crippen LogP contribution in [0.25, 0.3) is 11.1 Å². The monoisotopic (exact) mass is 298 g/mol. The molecule has 0 saturated carbocycles. The van der Waals surface area contributed by atoms with Gasteiger partial charge in [0, 0.05) is 22.3 Å². The van der Waals surface area contributed by atoms with Gasteiger partial charge in [-0.2, -0.15) is 0 Å². The maximum atomic E-state index is 14.1. The summed E-state index contributed by atoms with van der Waals surface area (Å²) in [5.41, 5.74) is -0.966. The third-order valence-electron chi connectivity index (χ3n) is 3.42. The Kier molecular flexibility index (Phi) is 3.43. The lowest BCUT2D eigenvalue weighted by atomic mass is 9.99. The second-order valence-corrected chi connectivity index (χ2v) is 4.71. The Hall–Kier alpha value is -1.92. The fraction of sp³-hybridized carbons (Fsp3) is 0.200. The highest BCUT2D eigenvalue weighted by molar-refractivity contribution is 5.66. The van der Waals surface area contributed by atoms with Gasteiger partial charge >= 0.3 is 0 Å². The van der Waals surface area contributed by atoms with Crippen molar-refractivity contribution in [2.75, 3.05) is 6.61 Å². The second-order valence-electron chi connectivity index (χ2n) is 4.71. The van der Waals surface area contributed by atoms with Crippen LogP contribution in [0.2, 0.25) is 0 Å². The molecule has 0 amide bonds. The molecule has 2 aromatic carbocycles. The Bertz CT molecular complexity index is 711. The molecule has 1 aliphatic heterocycles. The Labute approximate surface area is 117 Å². The van der Waals surface area contributed by atoms with Gasteiger partial charge < -0.3 is 9.84 Å². The Balaban J connectivity index is 2.13. The van der Waals surface area contributed by atoms with Gasteiger partial charge in [0.2, 0.25) is 0 Å². The van der Waals surface area contributed by atoms with Gasteiger partial charge in [-0.05, 0) is 0 Å². The molecule has 110 valence electrons. The van der Waals surface area contributed by atoms with E-state index in [1.807, 2.05) is 0 Å². The fourth-order valence-electron chi connectivity index (χ4n) is 2.17. The third-order valence-corrected chi connectivity index (χ3v) is 3.42. The van der Waals surface area contributed by atoms with E-state index in [0.29, 0.717) is 6.61 Å². The SMILES string of the molecule is OCc1ccc(-c2ccc(C3CO3)c(F)c2F)c(F)c1F. The molecule has 0 aliphatic carbocycles. The normalized spacial score (nSPS) is 17.1. The van der Waals surface area contributed by atoms with Gasteiger partial charge in [-0.25, -0.2) is 17.6 Å². The highest BCUT2D eigenvalue weighted by Crippen LogP contribution is 2.36. The topological polar surface area (TPSA) is 32.8 Å². The second kappa shape index (κ2) is 5.13. The first-order valence-corrected chi connectivity index (χ1v) is 6.22. The highest BCUT2D eigenvalue weighted by Gasteiger charge is 2.30. The quantitative estimate of drug-likeness (QED) is 0.695. The summed E-state index contributed by atoms with van der Waals surface area (Å²) in [6.07, 6.45) is -0.480. The van der Waals surface area contributed by atoms with Gasteiger partial charge in [0.05, 0.1) is 13.2 Å². The van der Waals surface area contributed by atoms with Crippen LogP contribution in [-0.4, -0.2) is 11.7 Å². The smallest absolute Gasteiger partial charge is 0.167 e. The van der Waals surface area contributed by atoms with Crippen molar-refractivity contribution in [3.8, 4) is 11.1 Å². The molecule has 1 saturated heterocycles. The third kappa shape index (κ3) is 2.30. The molecule has 2 aromatic rings. The van der Waals surface area contributed by atoms with Crippen molar-refractivity contribution in [2.45, 2.75) is 12.7 Å². The number of rotatable bonds is 3. The first kappa shape index (κ1) is 14.0. The van der Waals surface area contributed by atoms with E-state index in [1.54, 1.807) is 0 Å². The predicted octanol–water partition coefficient (Wildman–Crippen LogP) is 3.47. The average molecular weight is 298 g/mol. The number of hydrogen-bond donors (Lipinski definition) is 1. The van der Waals surface area contributed by atoms with E-state index in [1.165, 1.54) is 12.1 Å². The van der Waals surface area contributed by atoms with Gasteiger partial charge in [0.25, 0.3) is 0 Å². The van der Waals surface area contributed by atoms with Crippen molar-refractivity contribution < 1.29 is 27.4 Å². The Morgan fingerprint density at radius 2 is 1.48 bits per heavy atom. The molecular formula is C15H10F4O2. The van der Waals surface area contributed by atoms with Crippen LogP contribution < -0.4 is 0 Å². The van der Waals surface area contributed by atoms with Crippen molar-refractivity contribution in [3.63, 3.8) is 0 Å². The van der Waals surface area contributed by atoms with Crippen LogP contribution in [0.4, 0.5) is 17.6 Å². The molecule has 21 heavy (non-hydrogen) atoms. The van der Waals surface area contributed by atoms with E-state index in [4.69, 9.17) is 9.84 Å². The minimum Gasteiger partial charge on any atom is -0.392 e. The van der Waals surface area contributed by atoms with Crippen LogP contribution in [0.1, 0.15) is 17.2 Å². The zero-order valence-electron chi connectivity index (χ0n) is 10.7. The Morgan fingerprint density at radius 3 is 2.05 bits per heavy atom. The first-order chi connectivity index (χ1) is 10.0. The molecule has 0 spiro atoms. The molecule has 1 heterocycles. The zero-order chi connectivity index (χ0) is 15.1. The molecule has 0 aromatic heterocycles. The molecule has 2 nitrogen and oxygen atoms in total. The Morgan fingerprint density at radius 1 is 0.905 bits per heavy atom. The van der Waals surface area contributed by atoms with Gasteiger partial charge in [-0.3, -0.25) is 0 Å². The largest absolute Gasteiger partial charge is 0.392 e. The molecule has 1 unspecified atom stereocenters. The van der Waals surface area contributed by atoms with Gasteiger partial charge in [0.15, 0.2) is 23.3 Å². The number of epoxide rings is 1. The summed E-state index contributed by atoms with van der Waals surface area (Å²) in [4.78, 5) is 0. The molecule has 6 heteroatoms. The van der Waals surface area contributed by atoms with Crippen LogP contribution >= 0.6 is 0 Å². The van der Waals surface area contributed by atoms with Crippen molar-refractivity contribution in [3.05, 3.63) is 58.7 Å². The number of aliphatic hydroxyl groups is 1. The molecule has 1 atom stereocenters. The average Bonchev–Trinajstić information content (AvgIpc) is 3.30. The zero-order valence-corrected chi connectivity index (χ0v) is 10.7. The molecule has 1 fully saturated rings. The summed E-state index contributed by atoms with van der Waals surface area (Å²) < 4.78 is 60.4. The van der Waals surface area contributed by atoms with Crippen molar-refractivity contribution in [2.24, 2.45) is 0 Å². The van der Waals surface area contributed by atoms with Crippen molar-refractivity contribution in [1.29, 1.82) is 0 Å². The fourth-order valence-corrected chi connectivity index (χ4v) is 2.17. The summed E-state index contributed by atoms with van der Waals surface area (Å²) in [6.45, 7) is -0.373. The first-order valence-electron chi connectivity index (χ1n) is 6.22. The molecular weight excluding hydrogens is 288 g/mol. The minimum atomic E-state index is -1.32. The number of ether oxygens (including phenoxy) is 1. The lowest BCUT2D eigenvalue weighted by Crippen LogP contribution is -2.01. The van der Waals surface area contributed by atoms with E-state index in [-0.39, 0.29) is 16.7 Å². The number of hydrogen-bond acceptors (Lipinski definition) is 2. The number of halogens is 4. The van der Waals surface area contributed by atoms with E-state index < -0.39 is 41.5 Å². The van der Waals surface area contributed by atoms with Gasteiger partial charge in [0.1, 0.15) is 6.10 Å². The number of aliphatic hydroxyl groups excluding tert-OH is 1. The summed E-state index contributed by atoms with van der Waals surface area (Å²) >= 11 is 0. The van der Waals surface area contributed by atoms with Crippen LogP contribution in [0.5, 0.6) is 0 Å². The van der Waals surface area contributed by atoms with Crippen LogP contribution in [0.15, 0.2) is 24.3 Å². The highest BCUT2D eigenvalue weighted by atomic mass is 19.2. The molecule has 0 bridgehead atoms. The van der Waals surface area contributed by atoms with Gasteiger partial charge in [-0.15, -0.1) is 0 Å². The van der Waals surface area contributed by atoms with E-state index in [2.05, 4.69) is 0 Å². The van der Waals surface area contributed by atoms with E-state index >= 15 is 0 Å². The molecule has 0 radical (unpaired) electrons. The van der Waals surface area contributed by atoms with Crippen molar-refractivity contribution in [1.82, 2.24) is 0 Å². The predicted molar refractivity (Wildman–Crippen MR) is 66.3 cm³/mol.